The highest BCUT2D eigenvalue weighted by atomic mass is 35.5. The average Bonchev–Trinajstić information content (AvgIpc) is 3.81. The summed E-state index contributed by atoms with van der Waals surface area (Å²) in [4.78, 5) is 38.5. The molecule has 1 saturated heterocycles. The van der Waals surface area contributed by atoms with E-state index in [2.05, 4.69) is 24.3 Å². The number of fused-ring (bicyclic) bond motifs is 1. The SMILES string of the molecule is Cc1cc(CN(Cc2cn(C3CC3)c3cc(Cl)c(F)cc3c2=O)[C@H]2CCCN(c3cccnc3C(=O)O)C2)ccn1. The molecule has 8 nitrogen and oxygen atoms in total. The van der Waals surface area contributed by atoms with Crippen LogP contribution in [0.25, 0.3) is 10.9 Å². The third-order valence-corrected chi connectivity index (χ3v) is 8.34. The van der Waals surface area contributed by atoms with E-state index in [0.29, 0.717) is 41.8 Å². The molecular weight excluding hydrogens is 545 g/mol. The third-order valence-electron chi connectivity index (χ3n) is 8.05. The highest BCUT2D eigenvalue weighted by Gasteiger charge is 2.30. The number of anilines is 1. The van der Waals surface area contributed by atoms with E-state index in [1.54, 1.807) is 24.4 Å². The number of carboxylic acid groups (broad SMARTS) is 1. The number of aromatic carboxylic acids is 1. The standard InChI is InChI=1S/C31H31ClFN5O3/c1-19-12-20(8-10-34-19)15-37(23-4-3-11-36(18-23)27-5-2-9-35-29(27)31(40)41)16-21-17-38(22-6-7-22)28-14-25(32)26(33)13-24(28)30(21)39/h2,5,8-10,12-14,17,22-23H,3-4,6-7,11,15-16,18H2,1H3,(H,40,41)/t23-/m0/s1. The van der Waals surface area contributed by atoms with Crippen molar-refractivity contribution in [3.8, 4) is 0 Å². The largest absolute Gasteiger partial charge is 0.476 e. The van der Waals surface area contributed by atoms with Gasteiger partial charge in [-0.25, -0.2) is 14.2 Å². The Kier molecular flexibility index (Phi) is 7.48. The van der Waals surface area contributed by atoms with Crippen molar-refractivity contribution < 1.29 is 14.3 Å². The van der Waals surface area contributed by atoms with E-state index in [1.807, 2.05) is 25.3 Å². The second kappa shape index (κ2) is 11.2. The Labute approximate surface area is 242 Å². The Morgan fingerprint density at radius 3 is 2.73 bits per heavy atom. The minimum Gasteiger partial charge on any atom is -0.476 e. The molecule has 0 radical (unpaired) electrons. The average molecular weight is 576 g/mol. The number of halogens is 2. The lowest BCUT2D eigenvalue weighted by Crippen LogP contribution is -2.48. The summed E-state index contributed by atoms with van der Waals surface area (Å²) in [6.45, 7) is 4.20. The number of hydrogen-bond donors (Lipinski definition) is 1. The lowest BCUT2D eigenvalue weighted by Gasteiger charge is -2.40. The molecule has 1 N–H and O–H groups in total. The molecule has 6 rings (SSSR count). The van der Waals surface area contributed by atoms with Crippen LogP contribution in [0.4, 0.5) is 10.1 Å². The maximum atomic E-state index is 14.5. The predicted molar refractivity (Wildman–Crippen MR) is 156 cm³/mol. The van der Waals surface area contributed by atoms with Crippen LogP contribution in [-0.4, -0.2) is 49.6 Å². The Balaban J connectivity index is 1.38. The molecule has 1 atom stereocenters. The Bertz CT molecular complexity index is 1690. The van der Waals surface area contributed by atoms with Crippen LogP contribution in [0.3, 0.4) is 0 Å². The second-order valence-corrected chi connectivity index (χ2v) is 11.4. The van der Waals surface area contributed by atoms with Crippen LogP contribution < -0.4 is 10.3 Å². The lowest BCUT2D eigenvalue weighted by atomic mass is 10.0. The molecule has 1 saturated carbocycles. The minimum atomic E-state index is -1.06. The molecule has 1 aliphatic heterocycles. The van der Waals surface area contributed by atoms with Crippen molar-refractivity contribution in [3.05, 3.63) is 98.6 Å². The summed E-state index contributed by atoms with van der Waals surface area (Å²) in [5, 5.41) is 10.1. The molecule has 41 heavy (non-hydrogen) atoms. The van der Waals surface area contributed by atoms with Gasteiger partial charge in [-0.1, -0.05) is 11.6 Å². The zero-order valence-electron chi connectivity index (χ0n) is 22.8. The quantitative estimate of drug-likeness (QED) is 0.292. The Morgan fingerprint density at radius 1 is 1.15 bits per heavy atom. The van der Waals surface area contributed by atoms with E-state index in [-0.39, 0.29) is 28.2 Å². The normalized spacial score (nSPS) is 17.4. The van der Waals surface area contributed by atoms with Crippen molar-refractivity contribution in [1.29, 1.82) is 0 Å². The van der Waals surface area contributed by atoms with E-state index in [4.69, 9.17) is 11.6 Å². The molecule has 2 aliphatic rings. The molecule has 1 aromatic carbocycles. The number of carbonyl (C=O) groups is 1. The van der Waals surface area contributed by atoms with Gasteiger partial charge in [0.1, 0.15) is 5.82 Å². The molecule has 3 aromatic heterocycles. The predicted octanol–water partition coefficient (Wildman–Crippen LogP) is 5.60. The van der Waals surface area contributed by atoms with E-state index >= 15 is 0 Å². The number of hydrogen-bond acceptors (Lipinski definition) is 6. The molecule has 4 heterocycles. The summed E-state index contributed by atoms with van der Waals surface area (Å²) in [5.41, 5.74) is 3.67. The van der Waals surface area contributed by atoms with Gasteiger partial charge in [-0.2, -0.15) is 0 Å². The first-order valence-corrected chi connectivity index (χ1v) is 14.3. The highest BCUT2D eigenvalue weighted by Crippen LogP contribution is 2.38. The first kappa shape index (κ1) is 27.4. The summed E-state index contributed by atoms with van der Waals surface area (Å²) in [6.07, 6.45) is 8.95. The fourth-order valence-electron chi connectivity index (χ4n) is 5.93. The smallest absolute Gasteiger partial charge is 0.356 e. The number of rotatable bonds is 8. The number of nitrogens with zero attached hydrogens (tertiary/aromatic N) is 5. The van der Waals surface area contributed by atoms with Gasteiger partial charge >= 0.3 is 5.97 Å². The van der Waals surface area contributed by atoms with Crippen molar-refractivity contribution in [1.82, 2.24) is 19.4 Å². The first-order chi connectivity index (χ1) is 19.8. The molecule has 212 valence electrons. The Hall–Kier alpha value is -3.82. The molecule has 0 bridgehead atoms. The van der Waals surface area contributed by atoms with Crippen LogP contribution in [0, 0.1) is 12.7 Å². The lowest BCUT2D eigenvalue weighted by molar-refractivity contribution is 0.0690. The molecule has 10 heteroatoms. The molecule has 0 unspecified atom stereocenters. The van der Waals surface area contributed by atoms with E-state index in [1.165, 1.54) is 12.3 Å². The van der Waals surface area contributed by atoms with Gasteiger partial charge < -0.3 is 14.6 Å². The summed E-state index contributed by atoms with van der Waals surface area (Å²) in [7, 11) is 0. The van der Waals surface area contributed by atoms with Crippen LogP contribution in [0.5, 0.6) is 0 Å². The maximum absolute atomic E-state index is 14.5. The van der Waals surface area contributed by atoms with Gasteiger partial charge in [-0.15, -0.1) is 0 Å². The van der Waals surface area contributed by atoms with Gasteiger partial charge in [0.25, 0.3) is 0 Å². The molecule has 0 amide bonds. The topological polar surface area (TPSA) is 91.6 Å². The van der Waals surface area contributed by atoms with Gasteiger partial charge in [0.05, 0.1) is 16.2 Å². The van der Waals surface area contributed by atoms with Crippen LogP contribution in [-0.2, 0) is 13.1 Å². The number of pyridine rings is 3. The number of aromatic nitrogens is 3. The van der Waals surface area contributed by atoms with Crippen LogP contribution in [0.15, 0.2) is 59.8 Å². The Morgan fingerprint density at radius 2 is 1.98 bits per heavy atom. The van der Waals surface area contributed by atoms with Crippen molar-refractivity contribution in [3.63, 3.8) is 0 Å². The molecular formula is C31H31ClFN5O3. The zero-order chi connectivity index (χ0) is 28.7. The summed E-state index contributed by atoms with van der Waals surface area (Å²) in [5.74, 6) is -1.66. The summed E-state index contributed by atoms with van der Waals surface area (Å²) < 4.78 is 16.6. The van der Waals surface area contributed by atoms with Gasteiger partial charge in [-0.05, 0) is 74.6 Å². The van der Waals surface area contributed by atoms with E-state index < -0.39 is 11.8 Å². The summed E-state index contributed by atoms with van der Waals surface area (Å²) in [6, 6.07) is 10.7. The van der Waals surface area contributed by atoms with E-state index in [9.17, 15) is 19.1 Å². The fourth-order valence-corrected chi connectivity index (χ4v) is 6.08. The second-order valence-electron chi connectivity index (χ2n) is 11.0. The molecule has 0 spiro atoms. The van der Waals surface area contributed by atoms with Gasteiger partial charge in [0.15, 0.2) is 11.1 Å². The number of aryl methyl sites for hydroxylation is 1. The molecule has 1 aliphatic carbocycles. The van der Waals surface area contributed by atoms with E-state index in [0.717, 1.165) is 43.5 Å². The van der Waals surface area contributed by atoms with Gasteiger partial charge in [-0.3, -0.25) is 14.7 Å². The van der Waals surface area contributed by atoms with Gasteiger partial charge in [0, 0.05) is 73.5 Å². The van der Waals surface area contributed by atoms with Crippen molar-refractivity contribution in [2.45, 2.75) is 57.8 Å². The minimum absolute atomic E-state index is 0.00663. The van der Waals surface area contributed by atoms with Crippen molar-refractivity contribution in [2.24, 2.45) is 0 Å². The van der Waals surface area contributed by atoms with Crippen molar-refractivity contribution >= 4 is 34.2 Å². The fraction of sp³-hybridized carbons (Fsp3) is 0.355. The van der Waals surface area contributed by atoms with Crippen LogP contribution in [0.2, 0.25) is 5.02 Å². The first-order valence-electron chi connectivity index (χ1n) is 13.9. The number of benzene rings is 1. The molecule has 2 fully saturated rings. The van der Waals surface area contributed by atoms with Crippen LogP contribution >= 0.6 is 11.6 Å². The zero-order valence-corrected chi connectivity index (χ0v) is 23.5. The van der Waals surface area contributed by atoms with Crippen LogP contribution in [0.1, 0.15) is 59.0 Å². The molecule has 4 aromatic rings. The van der Waals surface area contributed by atoms with Gasteiger partial charge in [0.2, 0.25) is 0 Å². The van der Waals surface area contributed by atoms with Crippen molar-refractivity contribution in [2.75, 3.05) is 18.0 Å². The monoisotopic (exact) mass is 575 g/mol. The maximum Gasteiger partial charge on any atom is 0.356 e. The summed E-state index contributed by atoms with van der Waals surface area (Å²) >= 11 is 6.11. The number of carboxylic acids is 1. The number of piperidine rings is 1. The third kappa shape index (κ3) is 5.69. The highest BCUT2D eigenvalue weighted by molar-refractivity contribution is 6.31.